The lowest BCUT2D eigenvalue weighted by molar-refractivity contribution is 0.217. The molecule has 1 unspecified atom stereocenters. The molecule has 1 N–H and O–H groups in total. The van der Waals surface area contributed by atoms with E-state index in [1.54, 1.807) is 17.6 Å². The highest BCUT2D eigenvalue weighted by Crippen LogP contribution is 2.32. The second-order valence-corrected chi connectivity index (χ2v) is 5.63. The summed E-state index contributed by atoms with van der Waals surface area (Å²) in [7, 11) is 0. The van der Waals surface area contributed by atoms with Crippen LogP contribution in [0.2, 0.25) is 0 Å². The molecule has 6 heteroatoms. The number of benzene rings is 1. The topological polar surface area (TPSA) is 33.1 Å². The zero-order valence-electron chi connectivity index (χ0n) is 7.82. The van der Waals surface area contributed by atoms with Crippen LogP contribution in [0.25, 0.3) is 0 Å². The average molecular weight is 367 g/mol. The highest BCUT2D eigenvalue weighted by molar-refractivity contribution is 9.10. The van der Waals surface area contributed by atoms with Gasteiger partial charge in [-0.3, -0.25) is 0 Å². The summed E-state index contributed by atoms with van der Waals surface area (Å²) < 4.78 is 14.8. The predicted molar refractivity (Wildman–Crippen MR) is 68.0 cm³/mol. The van der Waals surface area contributed by atoms with Gasteiger partial charge < -0.3 is 5.11 Å². The number of halogens is 3. The number of aromatic nitrogens is 1. The van der Waals surface area contributed by atoms with Crippen molar-refractivity contribution in [2.24, 2.45) is 0 Å². The number of hydrogen-bond donors (Lipinski definition) is 1. The van der Waals surface area contributed by atoms with Crippen molar-refractivity contribution in [1.29, 1.82) is 0 Å². The fourth-order valence-electron chi connectivity index (χ4n) is 1.28. The fourth-order valence-corrected chi connectivity index (χ4v) is 3.03. The monoisotopic (exact) mass is 365 g/mol. The standard InChI is InChI=1S/C10H6Br2FNOS/c11-5-1-2-6(7(13)3-5)8(15)9-10(12)14-4-16-9/h1-4,8,15H. The van der Waals surface area contributed by atoms with Crippen LogP contribution in [0, 0.1) is 5.82 Å². The maximum Gasteiger partial charge on any atom is 0.130 e. The van der Waals surface area contributed by atoms with E-state index in [-0.39, 0.29) is 5.56 Å². The third-order valence-electron chi connectivity index (χ3n) is 2.05. The van der Waals surface area contributed by atoms with Crippen LogP contribution >= 0.6 is 43.2 Å². The molecule has 84 valence electrons. The van der Waals surface area contributed by atoms with Gasteiger partial charge in [0.15, 0.2) is 0 Å². The molecule has 0 saturated carbocycles. The van der Waals surface area contributed by atoms with Crippen molar-refractivity contribution < 1.29 is 9.50 Å². The Hall–Kier alpha value is -0.300. The molecule has 16 heavy (non-hydrogen) atoms. The van der Waals surface area contributed by atoms with Crippen molar-refractivity contribution in [3.63, 3.8) is 0 Å². The first-order chi connectivity index (χ1) is 7.59. The van der Waals surface area contributed by atoms with Gasteiger partial charge in [-0.25, -0.2) is 9.37 Å². The first-order valence-electron chi connectivity index (χ1n) is 4.31. The van der Waals surface area contributed by atoms with Gasteiger partial charge >= 0.3 is 0 Å². The number of aliphatic hydroxyl groups is 1. The molecule has 0 saturated heterocycles. The highest BCUT2D eigenvalue weighted by Gasteiger charge is 2.19. The van der Waals surface area contributed by atoms with Gasteiger partial charge in [0.25, 0.3) is 0 Å². The molecule has 0 spiro atoms. The fraction of sp³-hybridized carbons (Fsp3) is 0.100. The van der Waals surface area contributed by atoms with Gasteiger partial charge in [-0.05, 0) is 28.1 Å². The molecule has 2 rings (SSSR count). The molecular formula is C10H6Br2FNOS. The number of rotatable bonds is 2. The summed E-state index contributed by atoms with van der Waals surface area (Å²) in [6, 6.07) is 4.57. The van der Waals surface area contributed by atoms with Gasteiger partial charge in [0.1, 0.15) is 16.5 Å². The molecule has 0 bridgehead atoms. The summed E-state index contributed by atoms with van der Waals surface area (Å²) in [6.07, 6.45) is -0.991. The Morgan fingerprint density at radius 3 is 2.69 bits per heavy atom. The van der Waals surface area contributed by atoms with Crippen molar-refractivity contribution in [3.8, 4) is 0 Å². The largest absolute Gasteiger partial charge is 0.383 e. The summed E-state index contributed by atoms with van der Waals surface area (Å²) in [5.41, 5.74) is 1.84. The van der Waals surface area contributed by atoms with Gasteiger partial charge in [0.05, 0.1) is 10.4 Å². The molecule has 0 amide bonds. The second-order valence-electron chi connectivity index (χ2n) is 3.08. The highest BCUT2D eigenvalue weighted by atomic mass is 79.9. The zero-order valence-corrected chi connectivity index (χ0v) is 11.8. The van der Waals surface area contributed by atoms with E-state index in [4.69, 9.17) is 0 Å². The van der Waals surface area contributed by atoms with Crippen LogP contribution in [0.1, 0.15) is 16.5 Å². The van der Waals surface area contributed by atoms with Gasteiger partial charge in [-0.2, -0.15) is 0 Å². The lowest BCUT2D eigenvalue weighted by atomic mass is 10.1. The van der Waals surface area contributed by atoms with Crippen LogP contribution in [-0.2, 0) is 0 Å². The van der Waals surface area contributed by atoms with E-state index < -0.39 is 11.9 Å². The van der Waals surface area contributed by atoms with Crippen LogP contribution in [0.3, 0.4) is 0 Å². The Bertz CT molecular complexity index is 517. The minimum absolute atomic E-state index is 0.244. The third-order valence-corrected chi connectivity index (χ3v) is 4.32. The first-order valence-corrected chi connectivity index (χ1v) is 6.78. The minimum Gasteiger partial charge on any atom is -0.383 e. The molecule has 0 radical (unpaired) electrons. The normalized spacial score (nSPS) is 12.8. The van der Waals surface area contributed by atoms with E-state index in [0.717, 1.165) is 0 Å². The molecular weight excluding hydrogens is 361 g/mol. The quantitative estimate of drug-likeness (QED) is 0.874. The average Bonchev–Trinajstić information content (AvgIpc) is 2.63. The smallest absolute Gasteiger partial charge is 0.130 e. The van der Waals surface area contributed by atoms with E-state index in [2.05, 4.69) is 36.8 Å². The lowest BCUT2D eigenvalue weighted by Gasteiger charge is -2.10. The minimum atomic E-state index is -0.991. The van der Waals surface area contributed by atoms with Gasteiger partial charge in [-0.15, -0.1) is 11.3 Å². The molecule has 1 atom stereocenters. The number of aliphatic hydroxyl groups excluding tert-OH is 1. The molecule has 0 aliphatic carbocycles. The Morgan fingerprint density at radius 1 is 1.38 bits per heavy atom. The van der Waals surface area contributed by atoms with E-state index in [0.29, 0.717) is 14.0 Å². The lowest BCUT2D eigenvalue weighted by Crippen LogP contribution is -2.01. The van der Waals surface area contributed by atoms with Gasteiger partial charge in [-0.1, -0.05) is 22.0 Å². The Kier molecular flexibility index (Phi) is 3.73. The van der Waals surface area contributed by atoms with Crippen molar-refractivity contribution in [2.45, 2.75) is 6.10 Å². The number of nitrogens with zero attached hydrogens (tertiary/aromatic N) is 1. The van der Waals surface area contributed by atoms with Crippen LogP contribution < -0.4 is 0 Å². The third kappa shape index (κ3) is 2.34. The summed E-state index contributed by atoms with van der Waals surface area (Å²) in [5, 5.41) is 10.0. The Morgan fingerprint density at radius 2 is 2.12 bits per heavy atom. The molecule has 0 aliphatic heterocycles. The van der Waals surface area contributed by atoms with E-state index in [1.807, 2.05) is 0 Å². The van der Waals surface area contributed by atoms with Crippen molar-refractivity contribution in [3.05, 3.63) is 49.0 Å². The van der Waals surface area contributed by atoms with Crippen molar-refractivity contribution in [2.75, 3.05) is 0 Å². The SMILES string of the molecule is OC(c1ccc(Br)cc1F)c1scnc1Br. The Labute approximate surface area is 112 Å². The van der Waals surface area contributed by atoms with E-state index >= 15 is 0 Å². The number of hydrogen-bond acceptors (Lipinski definition) is 3. The molecule has 1 heterocycles. The van der Waals surface area contributed by atoms with E-state index in [1.165, 1.54) is 17.4 Å². The predicted octanol–water partition coefficient (Wildman–Crippen LogP) is 3.89. The van der Waals surface area contributed by atoms with Gasteiger partial charge in [0.2, 0.25) is 0 Å². The Balaban J connectivity index is 2.41. The second kappa shape index (κ2) is 4.91. The molecule has 0 aliphatic rings. The summed E-state index contributed by atoms with van der Waals surface area (Å²) in [5.74, 6) is -0.442. The van der Waals surface area contributed by atoms with Crippen LogP contribution in [0.5, 0.6) is 0 Å². The van der Waals surface area contributed by atoms with Crippen LogP contribution in [-0.4, -0.2) is 10.1 Å². The summed E-state index contributed by atoms with van der Waals surface area (Å²) in [4.78, 5) is 4.55. The molecule has 1 aromatic carbocycles. The molecule has 2 aromatic rings. The summed E-state index contributed by atoms with van der Waals surface area (Å²) >= 11 is 7.66. The first kappa shape index (κ1) is 12.2. The zero-order chi connectivity index (χ0) is 11.7. The molecule has 0 fully saturated rings. The van der Waals surface area contributed by atoms with Crippen molar-refractivity contribution >= 4 is 43.2 Å². The maximum absolute atomic E-state index is 13.6. The molecule has 2 nitrogen and oxygen atoms in total. The van der Waals surface area contributed by atoms with E-state index in [9.17, 15) is 9.50 Å². The summed E-state index contributed by atoms with van der Waals surface area (Å²) in [6.45, 7) is 0. The van der Waals surface area contributed by atoms with Crippen molar-refractivity contribution in [1.82, 2.24) is 4.98 Å². The van der Waals surface area contributed by atoms with Gasteiger partial charge in [0, 0.05) is 10.0 Å². The maximum atomic E-state index is 13.6. The number of thiazole rings is 1. The van der Waals surface area contributed by atoms with Crippen LogP contribution in [0.15, 0.2) is 32.8 Å². The molecule has 1 aromatic heterocycles. The van der Waals surface area contributed by atoms with Crippen LogP contribution in [0.4, 0.5) is 4.39 Å².